The maximum Gasteiger partial charge on any atom is 0.501 e. The molecule has 1 atom stereocenters. The minimum atomic E-state index is -2.75. The van der Waals surface area contributed by atoms with E-state index in [1.807, 2.05) is 34.9 Å². The fraction of sp³-hybridized carbons (Fsp3) is 0.929. The molecule has 1 unspecified atom stereocenters. The van der Waals surface area contributed by atoms with Gasteiger partial charge in [0.25, 0.3) is 0 Å². The van der Waals surface area contributed by atoms with Gasteiger partial charge in [-0.1, -0.05) is 0 Å². The van der Waals surface area contributed by atoms with Gasteiger partial charge in [0.1, 0.15) is 0 Å². The zero-order valence-corrected chi connectivity index (χ0v) is 15.6. The van der Waals surface area contributed by atoms with Gasteiger partial charge in [-0.3, -0.25) is 0 Å². The molecule has 0 rings (SSSR count). The summed E-state index contributed by atoms with van der Waals surface area (Å²) in [6.45, 7) is 8.50. The number of primary amides is 1. The summed E-state index contributed by atoms with van der Waals surface area (Å²) in [5.41, 5.74) is 5.08. The first kappa shape index (κ1) is 21.3. The van der Waals surface area contributed by atoms with Gasteiger partial charge in [0, 0.05) is 25.9 Å². The molecule has 0 bridgehead atoms. The van der Waals surface area contributed by atoms with Crippen molar-refractivity contribution in [2.24, 2.45) is 11.7 Å². The van der Waals surface area contributed by atoms with Gasteiger partial charge < -0.3 is 28.6 Å². The average molecular weight is 337 g/mol. The molecule has 0 saturated carbocycles. The van der Waals surface area contributed by atoms with Crippen LogP contribution < -0.4 is 5.73 Å². The molecule has 0 spiro atoms. The van der Waals surface area contributed by atoms with E-state index in [1.54, 1.807) is 0 Å². The number of nitrogens with two attached hydrogens (primary N) is 1. The fourth-order valence-corrected chi connectivity index (χ4v) is 5.15. The Balaban J connectivity index is 4.91. The quantitative estimate of drug-likeness (QED) is 0.515. The second-order valence-electron chi connectivity index (χ2n) is 5.27. The molecule has 132 valence electrons. The van der Waals surface area contributed by atoms with Crippen LogP contribution in [0.2, 0.25) is 6.04 Å². The van der Waals surface area contributed by atoms with Crippen LogP contribution in [-0.2, 0) is 18.0 Å². The Morgan fingerprint density at radius 1 is 1.09 bits per heavy atom. The molecule has 0 aromatic carbocycles. The van der Waals surface area contributed by atoms with Crippen molar-refractivity contribution in [3.05, 3.63) is 0 Å². The summed E-state index contributed by atoms with van der Waals surface area (Å²) < 4.78 is 22.6. The highest BCUT2D eigenvalue weighted by Crippen LogP contribution is 2.24. The highest BCUT2D eigenvalue weighted by molar-refractivity contribution is 6.60. The van der Waals surface area contributed by atoms with E-state index in [9.17, 15) is 4.79 Å². The Labute approximate surface area is 135 Å². The number of ether oxygens (including phenoxy) is 1. The van der Waals surface area contributed by atoms with E-state index in [0.29, 0.717) is 25.9 Å². The van der Waals surface area contributed by atoms with Crippen molar-refractivity contribution in [2.75, 3.05) is 47.1 Å². The molecular formula is C14H32N2O5Si. The standard InChI is InChI=1S/C14H32N2O5Si/c1-6-19-22(20-7-2,21-8-3)12-13(9-10-16(4)5)11-18-14(15)17/h13H,6-12H2,1-5H3,(H2,15,17). The fourth-order valence-electron chi connectivity index (χ4n) is 2.20. The number of rotatable bonds is 13. The molecule has 0 radical (unpaired) electrons. The first-order chi connectivity index (χ1) is 10.4. The zero-order valence-electron chi connectivity index (χ0n) is 14.6. The van der Waals surface area contributed by atoms with Crippen molar-refractivity contribution in [1.82, 2.24) is 4.90 Å². The number of carbonyl (C=O) groups is 1. The van der Waals surface area contributed by atoms with Crippen LogP contribution >= 0.6 is 0 Å². The number of amides is 1. The molecule has 7 nitrogen and oxygen atoms in total. The molecule has 0 aliphatic heterocycles. The van der Waals surface area contributed by atoms with Gasteiger partial charge in [0.05, 0.1) is 6.61 Å². The summed E-state index contributed by atoms with van der Waals surface area (Å²) >= 11 is 0. The highest BCUT2D eigenvalue weighted by Gasteiger charge is 2.42. The second-order valence-corrected chi connectivity index (χ2v) is 7.91. The molecule has 2 N–H and O–H groups in total. The van der Waals surface area contributed by atoms with Crippen LogP contribution in [0.15, 0.2) is 0 Å². The van der Waals surface area contributed by atoms with Gasteiger partial charge in [-0.15, -0.1) is 0 Å². The Morgan fingerprint density at radius 2 is 1.59 bits per heavy atom. The summed E-state index contributed by atoms with van der Waals surface area (Å²) in [5, 5.41) is 0. The van der Waals surface area contributed by atoms with Gasteiger partial charge >= 0.3 is 14.9 Å². The minimum absolute atomic E-state index is 0.0891. The summed E-state index contributed by atoms with van der Waals surface area (Å²) in [6.07, 6.45) is 0.0914. The summed E-state index contributed by atoms with van der Waals surface area (Å²) in [4.78, 5) is 13.0. The number of hydrogen-bond acceptors (Lipinski definition) is 6. The summed E-state index contributed by atoms with van der Waals surface area (Å²) in [6, 6.07) is 0.615. The first-order valence-electron chi connectivity index (χ1n) is 7.87. The lowest BCUT2D eigenvalue weighted by Crippen LogP contribution is -2.48. The molecule has 1 amide bonds. The SMILES string of the molecule is CCO[Si](CC(CCN(C)C)COC(N)=O)(OCC)OCC. The molecule has 0 aromatic heterocycles. The number of carbonyl (C=O) groups excluding carboxylic acids is 1. The van der Waals surface area contributed by atoms with Crippen LogP contribution in [0.1, 0.15) is 27.2 Å². The average Bonchev–Trinajstić information content (AvgIpc) is 2.42. The molecule has 8 heteroatoms. The lowest BCUT2D eigenvalue weighted by atomic mass is 10.1. The third kappa shape index (κ3) is 9.37. The molecule has 0 aromatic rings. The Kier molecular flexibility index (Phi) is 11.5. The molecule has 0 fully saturated rings. The monoisotopic (exact) mass is 336 g/mol. The van der Waals surface area contributed by atoms with Crippen molar-refractivity contribution in [2.45, 2.75) is 33.2 Å². The Bertz CT molecular complexity index is 288. The van der Waals surface area contributed by atoms with Gasteiger partial charge in [-0.05, 0) is 53.8 Å². The van der Waals surface area contributed by atoms with Crippen LogP contribution in [0.3, 0.4) is 0 Å². The maximum absolute atomic E-state index is 10.9. The lowest BCUT2D eigenvalue weighted by Gasteiger charge is -2.31. The van der Waals surface area contributed by atoms with E-state index in [2.05, 4.69) is 4.90 Å². The van der Waals surface area contributed by atoms with Crippen molar-refractivity contribution in [3.8, 4) is 0 Å². The highest BCUT2D eigenvalue weighted by atomic mass is 28.4. The molecule has 0 heterocycles. The zero-order chi connectivity index (χ0) is 17.0. The lowest BCUT2D eigenvalue weighted by molar-refractivity contribution is 0.0599. The van der Waals surface area contributed by atoms with Crippen molar-refractivity contribution < 1.29 is 22.8 Å². The smallest absolute Gasteiger partial charge is 0.449 e. The maximum atomic E-state index is 10.9. The molecular weight excluding hydrogens is 304 g/mol. The largest absolute Gasteiger partial charge is 0.501 e. The third-order valence-corrected chi connectivity index (χ3v) is 6.34. The molecule has 0 aliphatic rings. The van der Waals surface area contributed by atoms with E-state index in [-0.39, 0.29) is 12.5 Å². The topological polar surface area (TPSA) is 83.2 Å². The van der Waals surface area contributed by atoms with Gasteiger partial charge in [-0.25, -0.2) is 4.79 Å². The Hall–Kier alpha value is -0.673. The second kappa shape index (κ2) is 11.8. The van der Waals surface area contributed by atoms with Crippen molar-refractivity contribution >= 4 is 14.9 Å². The van der Waals surface area contributed by atoms with Gasteiger partial charge in [0.15, 0.2) is 0 Å². The predicted octanol–water partition coefficient (Wildman–Crippen LogP) is 1.70. The third-order valence-electron chi connectivity index (χ3n) is 3.08. The van der Waals surface area contributed by atoms with E-state index in [4.69, 9.17) is 23.7 Å². The first-order valence-corrected chi connectivity index (χ1v) is 9.81. The number of nitrogens with zero attached hydrogens (tertiary/aromatic N) is 1. The summed E-state index contributed by atoms with van der Waals surface area (Å²) in [5.74, 6) is 0.0891. The van der Waals surface area contributed by atoms with E-state index in [1.165, 1.54) is 0 Å². The van der Waals surface area contributed by atoms with Crippen LogP contribution in [0, 0.1) is 5.92 Å². The van der Waals surface area contributed by atoms with Crippen LogP contribution in [0.25, 0.3) is 0 Å². The van der Waals surface area contributed by atoms with E-state index >= 15 is 0 Å². The van der Waals surface area contributed by atoms with Crippen molar-refractivity contribution in [3.63, 3.8) is 0 Å². The minimum Gasteiger partial charge on any atom is -0.449 e. The van der Waals surface area contributed by atoms with E-state index in [0.717, 1.165) is 13.0 Å². The molecule has 22 heavy (non-hydrogen) atoms. The molecule has 0 aliphatic carbocycles. The van der Waals surface area contributed by atoms with Crippen LogP contribution in [0.4, 0.5) is 4.79 Å². The van der Waals surface area contributed by atoms with Crippen LogP contribution in [-0.4, -0.2) is 66.9 Å². The molecule has 0 saturated heterocycles. The van der Waals surface area contributed by atoms with Crippen molar-refractivity contribution in [1.29, 1.82) is 0 Å². The Morgan fingerprint density at radius 3 is 1.95 bits per heavy atom. The normalized spacial score (nSPS) is 13.4. The number of hydrogen-bond donors (Lipinski definition) is 1. The van der Waals surface area contributed by atoms with E-state index < -0.39 is 14.9 Å². The summed E-state index contributed by atoms with van der Waals surface area (Å²) in [7, 11) is 1.26. The van der Waals surface area contributed by atoms with Gasteiger partial charge in [-0.2, -0.15) is 0 Å². The van der Waals surface area contributed by atoms with Crippen LogP contribution in [0.5, 0.6) is 0 Å². The predicted molar refractivity (Wildman–Crippen MR) is 87.6 cm³/mol. The van der Waals surface area contributed by atoms with Gasteiger partial charge in [0.2, 0.25) is 0 Å².